The molecule has 156 valence electrons. The summed E-state index contributed by atoms with van der Waals surface area (Å²) >= 11 is 11.5. The molecular formula is C16H15Br2ClN4O6. The summed E-state index contributed by atoms with van der Waals surface area (Å²) in [6.45, 7) is 6.94. The first-order valence-corrected chi connectivity index (χ1v) is 9.35. The van der Waals surface area contributed by atoms with Gasteiger partial charge in [0.25, 0.3) is 5.88 Å². The van der Waals surface area contributed by atoms with Gasteiger partial charge in [-0.2, -0.15) is 0 Å². The molecule has 0 aliphatic heterocycles. The van der Waals surface area contributed by atoms with Crippen molar-refractivity contribution in [3.8, 4) is 5.88 Å². The van der Waals surface area contributed by atoms with Crippen LogP contribution in [0.5, 0.6) is 5.88 Å². The zero-order valence-corrected chi connectivity index (χ0v) is 18.6. The lowest BCUT2D eigenvalue weighted by molar-refractivity contribution is -0.386. The van der Waals surface area contributed by atoms with Crippen molar-refractivity contribution in [3.05, 3.63) is 84.2 Å². The first-order valence-electron chi connectivity index (χ1n) is 7.38. The summed E-state index contributed by atoms with van der Waals surface area (Å²) in [4.78, 5) is 27.0. The van der Waals surface area contributed by atoms with Crippen LogP contribution in [-0.4, -0.2) is 38.1 Å². The first-order chi connectivity index (χ1) is 13.7. The number of hydrogen-bond donors (Lipinski definition) is 1. The van der Waals surface area contributed by atoms with Crippen LogP contribution < -0.4 is 4.74 Å². The van der Waals surface area contributed by atoms with E-state index in [9.17, 15) is 20.2 Å². The van der Waals surface area contributed by atoms with Gasteiger partial charge in [-0.1, -0.05) is 30.3 Å². The van der Waals surface area contributed by atoms with E-state index >= 15 is 0 Å². The molecule has 0 aliphatic carbocycles. The van der Waals surface area contributed by atoms with Crippen LogP contribution in [0.4, 0.5) is 11.4 Å². The number of aromatic nitrogens is 2. The summed E-state index contributed by atoms with van der Waals surface area (Å²) in [6.07, 6.45) is 5.76. The molecule has 0 unspecified atom stereocenters. The Morgan fingerprint density at radius 2 is 1.55 bits per heavy atom. The summed E-state index contributed by atoms with van der Waals surface area (Å²) < 4.78 is 6.08. The molecule has 0 bridgehead atoms. The van der Waals surface area contributed by atoms with Crippen LogP contribution in [0.1, 0.15) is 0 Å². The van der Waals surface area contributed by atoms with E-state index in [0.29, 0.717) is 8.95 Å². The topological polar surface area (TPSA) is 142 Å². The average molecular weight is 555 g/mol. The van der Waals surface area contributed by atoms with Gasteiger partial charge in [0.05, 0.1) is 16.5 Å². The van der Waals surface area contributed by atoms with Crippen molar-refractivity contribution >= 4 is 54.8 Å². The Hall–Kier alpha value is -2.41. The van der Waals surface area contributed by atoms with Gasteiger partial charge in [0.1, 0.15) is 6.61 Å². The SMILES string of the molecule is C=CCO.C=CCOc1ncc(Br)cc1[N+](=O)[O-].O=[N+]([O-])c1cc(Br)cnc1Cl. The maximum Gasteiger partial charge on any atom is 0.332 e. The fraction of sp³-hybridized carbons (Fsp3) is 0.125. The molecule has 0 radical (unpaired) electrons. The zero-order valence-electron chi connectivity index (χ0n) is 14.7. The lowest BCUT2D eigenvalue weighted by atomic mass is 10.4. The Morgan fingerprint density at radius 3 is 1.97 bits per heavy atom. The van der Waals surface area contributed by atoms with Gasteiger partial charge in [-0.15, -0.1) is 6.58 Å². The molecular weight excluding hydrogens is 539 g/mol. The summed E-state index contributed by atoms with van der Waals surface area (Å²) in [6, 6.07) is 2.64. The van der Waals surface area contributed by atoms with Crippen LogP contribution in [0.25, 0.3) is 0 Å². The number of nitrogens with zero attached hydrogens (tertiary/aromatic N) is 4. The zero-order chi connectivity index (χ0) is 22.4. The Bertz CT molecular complexity index is 869. The highest BCUT2D eigenvalue weighted by Crippen LogP contribution is 2.27. The fourth-order valence-electron chi connectivity index (χ4n) is 1.34. The van der Waals surface area contributed by atoms with Crippen molar-refractivity contribution in [1.82, 2.24) is 9.97 Å². The molecule has 29 heavy (non-hydrogen) atoms. The Morgan fingerprint density at radius 1 is 1.07 bits per heavy atom. The predicted octanol–water partition coefficient (Wildman–Crippen LogP) is 4.89. The summed E-state index contributed by atoms with van der Waals surface area (Å²) in [7, 11) is 0. The van der Waals surface area contributed by atoms with E-state index in [1.807, 2.05) is 0 Å². The quantitative estimate of drug-likeness (QED) is 0.230. The minimum absolute atomic E-state index is 0.00176. The van der Waals surface area contributed by atoms with Crippen LogP contribution in [0.2, 0.25) is 5.15 Å². The Kier molecular flexibility index (Phi) is 13.4. The molecule has 10 nitrogen and oxygen atoms in total. The first kappa shape index (κ1) is 26.6. The van der Waals surface area contributed by atoms with Gasteiger partial charge in [0, 0.05) is 33.5 Å². The standard InChI is InChI=1S/C8H7BrN2O3.C5H2BrClN2O2.C3H6O/c1-2-3-14-8-7(11(12)13)4-6(9)5-10-8;6-3-1-4(9(10)11)5(7)8-2-3;1-2-3-4/h2,4-5H,1,3H2;1-2H;2,4H,1,3H2. The molecule has 2 heterocycles. The monoisotopic (exact) mass is 552 g/mol. The number of ether oxygens (including phenoxy) is 1. The van der Waals surface area contributed by atoms with Gasteiger partial charge in [-0.05, 0) is 31.9 Å². The van der Waals surface area contributed by atoms with E-state index in [-0.39, 0.29) is 35.6 Å². The second kappa shape index (κ2) is 14.6. The van der Waals surface area contributed by atoms with E-state index in [1.165, 1.54) is 36.7 Å². The average Bonchev–Trinajstić information content (AvgIpc) is 2.69. The molecule has 2 aromatic rings. The smallest absolute Gasteiger partial charge is 0.332 e. The highest BCUT2D eigenvalue weighted by molar-refractivity contribution is 9.10. The molecule has 1 N–H and O–H groups in total. The highest BCUT2D eigenvalue weighted by Gasteiger charge is 2.16. The second-order valence-corrected chi connectivity index (χ2v) is 6.72. The molecule has 0 fully saturated rings. The number of aliphatic hydroxyl groups excluding tert-OH is 1. The molecule has 0 saturated carbocycles. The van der Waals surface area contributed by atoms with Crippen molar-refractivity contribution in [2.75, 3.05) is 13.2 Å². The van der Waals surface area contributed by atoms with Gasteiger partial charge in [-0.3, -0.25) is 20.2 Å². The van der Waals surface area contributed by atoms with E-state index < -0.39 is 9.85 Å². The minimum atomic E-state index is -0.583. The van der Waals surface area contributed by atoms with E-state index in [0.717, 1.165) is 0 Å². The number of hydrogen-bond acceptors (Lipinski definition) is 8. The van der Waals surface area contributed by atoms with Crippen molar-refractivity contribution in [3.63, 3.8) is 0 Å². The summed E-state index contributed by atoms with van der Waals surface area (Å²) in [5, 5.41) is 28.5. The van der Waals surface area contributed by atoms with Crippen LogP contribution in [0, 0.1) is 20.2 Å². The van der Waals surface area contributed by atoms with Crippen LogP contribution in [0.3, 0.4) is 0 Å². The molecule has 2 aromatic heterocycles. The largest absolute Gasteiger partial charge is 0.469 e. The summed E-state index contributed by atoms with van der Waals surface area (Å²) in [5.41, 5.74) is -0.359. The third-order valence-corrected chi connectivity index (χ3v) is 3.61. The number of halogens is 3. The lowest BCUT2D eigenvalue weighted by Gasteiger charge is -2.02. The number of rotatable bonds is 6. The Labute approximate surface area is 187 Å². The van der Waals surface area contributed by atoms with Crippen LogP contribution >= 0.6 is 43.5 Å². The normalized spacial score (nSPS) is 9.10. The molecule has 0 amide bonds. The van der Waals surface area contributed by atoms with Crippen molar-refractivity contribution in [1.29, 1.82) is 0 Å². The third kappa shape index (κ3) is 10.6. The van der Waals surface area contributed by atoms with Gasteiger partial charge in [0.2, 0.25) is 5.15 Å². The third-order valence-electron chi connectivity index (χ3n) is 2.45. The Balaban J connectivity index is 0.000000466. The predicted molar refractivity (Wildman–Crippen MR) is 115 cm³/mol. The van der Waals surface area contributed by atoms with Gasteiger partial charge < -0.3 is 9.84 Å². The maximum atomic E-state index is 10.6. The van der Waals surface area contributed by atoms with Gasteiger partial charge >= 0.3 is 11.4 Å². The molecule has 2 rings (SSSR count). The van der Waals surface area contributed by atoms with Crippen molar-refractivity contribution in [2.24, 2.45) is 0 Å². The molecule has 0 atom stereocenters. The van der Waals surface area contributed by atoms with Gasteiger partial charge in [-0.25, -0.2) is 9.97 Å². The molecule has 13 heteroatoms. The van der Waals surface area contributed by atoms with Crippen LogP contribution in [-0.2, 0) is 0 Å². The number of aliphatic hydroxyl groups is 1. The minimum Gasteiger partial charge on any atom is -0.469 e. The van der Waals surface area contributed by atoms with E-state index in [4.69, 9.17) is 21.4 Å². The molecule has 0 aliphatic rings. The molecule has 0 aromatic carbocycles. The van der Waals surface area contributed by atoms with Crippen molar-refractivity contribution in [2.45, 2.75) is 0 Å². The molecule has 0 spiro atoms. The van der Waals surface area contributed by atoms with E-state index in [2.05, 4.69) is 55.0 Å². The maximum absolute atomic E-state index is 10.6. The highest BCUT2D eigenvalue weighted by atomic mass is 79.9. The second-order valence-electron chi connectivity index (χ2n) is 4.53. The molecule has 0 saturated heterocycles. The fourth-order valence-corrected chi connectivity index (χ4v) is 2.15. The van der Waals surface area contributed by atoms with Crippen molar-refractivity contribution < 1.29 is 19.7 Å². The summed E-state index contributed by atoms with van der Waals surface area (Å²) in [5.74, 6) is -0.00176. The van der Waals surface area contributed by atoms with Gasteiger partial charge in [0.15, 0.2) is 0 Å². The lowest BCUT2D eigenvalue weighted by Crippen LogP contribution is -2.00. The van der Waals surface area contributed by atoms with E-state index in [1.54, 1.807) is 0 Å². The number of nitro groups is 2. The number of pyridine rings is 2. The van der Waals surface area contributed by atoms with Crippen LogP contribution in [0.15, 0.2) is 58.8 Å².